The molecule has 0 aliphatic carbocycles. The van der Waals surface area contributed by atoms with E-state index in [1.165, 1.54) is 0 Å². The van der Waals surface area contributed by atoms with E-state index in [2.05, 4.69) is 8.72 Å². The Hall–Kier alpha value is 0.0984. The van der Waals surface area contributed by atoms with E-state index < -0.39 is 0 Å². The van der Waals surface area contributed by atoms with Gasteiger partial charge in [0.15, 0.2) is 0 Å². The summed E-state index contributed by atoms with van der Waals surface area (Å²) in [5.41, 5.74) is 0. The van der Waals surface area contributed by atoms with E-state index in [-0.39, 0.29) is 15.6 Å². The second-order valence-corrected chi connectivity index (χ2v) is 2.31. The molecule has 0 amide bonds. The zero-order valence-corrected chi connectivity index (χ0v) is 4.56. The van der Waals surface area contributed by atoms with Crippen LogP contribution < -0.4 is 0 Å². The number of hydrogen-bond acceptors (Lipinski definition) is 1. The first-order chi connectivity index (χ1) is 2.50. The first-order valence-corrected chi connectivity index (χ1v) is 3.21. The van der Waals surface area contributed by atoms with Gasteiger partial charge in [0.25, 0.3) is 0 Å². The van der Waals surface area contributed by atoms with Gasteiger partial charge in [0, 0.05) is 0 Å². The van der Waals surface area contributed by atoms with Gasteiger partial charge in [-0.25, -0.2) is 0 Å². The number of rotatable bonds is 0. The average molecular weight is 128 g/mol. The van der Waals surface area contributed by atoms with E-state index in [1.807, 2.05) is 6.08 Å². The van der Waals surface area contributed by atoms with Gasteiger partial charge in [0.1, 0.15) is 0 Å². The Morgan fingerprint density at radius 3 is 3.20 bits per heavy atom. The minimum absolute atomic E-state index is 0.174. The summed E-state index contributed by atoms with van der Waals surface area (Å²) >= 11 is 0.174. The molecule has 0 bridgehead atoms. The summed E-state index contributed by atoms with van der Waals surface area (Å²) in [6.45, 7) is 0.931. The molecule has 1 heterocycles. The van der Waals surface area contributed by atoms with Crippen molar-refractivity contribution in [3.05, 3.63) is 10.9 Å². The van der Waals surface area contributed by atoms with Crippen molar-refractivity contribution < 1.29 is 0 Å². The summed E-state index contributed by atoms with van der Waals surface area (Å²) in [5.74, 6) is 0. The fraction of sp³-hybridized carbons (Fsp3) is 0.333. The van der Waals surface area contributed by atoms with Crippen LogP contribution in [0.4, 0.5) is 0 Å². The molecule has 0 aromatic carbocycles. The Balaban J connectivity index is 2.61. The van der Waals surface area contributed by atoms with E-state index in [0.29, 0.717) is 0 Å². The normalized spacial score (nSPS) is 20.8. The summed E-state index contributed by atoms with van der Waals surface area (Å²) in [6, 6.07) is 0. The van der Waals surface area contributed by atoms with Crippen LogP contribution in [0, 0.1) is 4.86 Å². The predicted octanol–water partition coefficient (Wildman–Crippen LogP) is 0.205. The minimum atomic E-state index is 0.174. The summed E-state index contributed by atoms with van der Waals surface area (Å²) < 4.78 is 4.01. The molecular formula is C3H3AsN. The van der Waals surface area contributed by atoms with Gasteiger partial charge in [-0.15, -0.1) is 0 Å². The average Bonchev–Trinajstić information content (AvgIpc) is 1.76. The summed E-state index contributed by atoms with van der Waals surface area (Å²) in [7, 11) is 0. The van der Waals surface area contributed by atoms with Gasteiger partial charge < -0.3 is 0 Å². The van der Waals surface area contributed by atoms with Gasteiger partial charge in [-0.2, -0.15) is 0 Å². The van der Waals surface area contributed by atoms with Gasteiger partial charge in [-0.3, -0.25) is 0 Å². The zero-order chi connectivity index (χ0) is 3.54. The van der Waals surface area contributed by atoms with Crippen LogP contribution in [-0.2, 0) is 0 Å². The summed E-state index contributed by atoms with van der Waals surface area (Å²) in [5, 5.41) is 0. The zero-order valence-electron chi connectivity index (χ0n) is 2.68. The van der Waals surface area contributed by atoms with Crippen LogP contribution in [0.3, 0.4) is 0 Å². The molecule has 1 aliphatic rings. The molecule has 2 heteroatoms. The SMILES string of the molecule is [C]1=CCN=[As]1. The molecule has 1 radical (unpaired) electrons. The molecule has 1 aliphatic heterocycles. The second-order valence-electron chi connectivity index (χ2n) is 0.757. The van der Waals surface area contributed by atoms with E-state index in [9.17, 15) is 0 Å². The summed E-state index contributed by atoms with van der Waals surface area (Å²) in [6.07, 6.45) is 1.99. The topological polar surface area (TPSA) is 12.4 Å². The quantitative estimate of drug-likeness (QED) is 0.413. The third-order valence-corrected chi connectivity index (χ3v) is 1.66. The maximum absolute atomic E-state index is 4.01. The predicted molar refractivity (Wildman–Crippen MR) is 20.9 cm³/mol. The van der Waals surface area contributed by atoms with Gasteiger partial charge in [-0.05, 0) is 0 Å². The van der Waals surface area contributed by atoms with Crippen molar-refractivity contribution in [2.75, 3.05) is 6.54 Å². The van der Waals surface area contributed by atoms with E-state index >= 15 is 0 Å². The van der Waals surface area contributed by atoms with E-state index in [1.54, 1.807) is 0 Å². The summed E-state index contributed by atoms with van der Waals surface area (Å²) in [4.78, 5) is 3.02. The molecule has 0 aromatic heterocycles. The molecule has 0 spiro atoms. The van der Waals surface area contributed by atoms with Crippen molar-refractivity contribution in [3.63, 3.8) is 0 Å². The van der Waals surface area contributed by atoms with Crippen LogP contribution in [0.5, 0.6) is 0 Å². The molecule has 1 rings (SSSR count). The van der Waals surface area contributed by atoms with Crippen molar-refractivity contribution in [3.8, 4) is 0 Å². The molecule has 0 atom stereocenters. The monoisotopic (exact) mass is 128 g/mol. The molecule has 0 saturated carbocycles. The molecule has 0 aromatic rings. The Labute approximate surface area is 37.6 Å². The number of hydrogen-bond donors (Lipinski definition) is 0. The molecule has 1 nitrogen and oxygen atoms in total. The fourth-order valence-corrected chi connectivity index (χ4v) is 1.06. The Bertz CT molecular complexity index is 65.0. The second kappa shape index (κ2) is 1.51. The molecule has 0 N–H and O–H groups in total. The van der Waals surface area contributed by atoms with Crippen LogP contribution >= 0.6 is 0 Å². The molecule has 0 fully saturated rings. The van der Waals surface area contributed by atoms with Gasteiger partial charge in [0.2, 0.25) is 0 Å². The van der Waals surface area contributed by atoms with Crippen LogP contribution in [0.2, 0.25) is 0 Å². The van der Waals surface area contributed by atoms with Crippen LogP contribution in [0.25, 0.3) is 0 Å². The Morgan fingerprint density at radius 2 is 3.00 bits per heavy atom. The van der Waals surface area contributed by atoms with Crippen molar-refractivity contribution >= 4 is 15.6 Å². The fourth-order valence-electron chi connectivity index (χ4n) is 0.204. The van der Waals surface area contributed by atoms with Gasteiger partial charge in [0.05, 0.1) is 0 Å². The third kappa shape index (κ3) is 0.694. The first kappa shape index (κ1) is 3.29. The molecule has 0 saturated heterocycles. The van der Waals surface area contributed by atoms with Crippen LogP contribution in [-0.4, -0.2) is 22.1 Å². The van der Waals surface area contributed by atoms with Gasteiger partial charge in [-0.1, -0.05) is 0 Å². The van der Waals surface area contributed by atoms with Crippen molar-refractivity contribution in [1.29, 1.82) is 0 Å². The molecule has 25 valence electrons. The van der Waals surface area contributed by atoms with Gasteiger partial charge >= 0.3 is 36.9 Å². The standard InChI is InChI=1S/C3H3AsN/c1-2-4-5-3-1/h1H,3H2. The maximum atomic E-state index is 4.01. The van der Waals surface area contributed by atoms with Crippen molar-refractivity contribution in [1.82, 2.24) is 0 Å². The Morgan fingerprint density at radius 1 is 2.00 bits per heavy atom. The molecular weight excluding hydrogens is 125 g/mol. The van der Waals surface area contributed by atoms with Crippen LogP contribution in [0.15, 0.2) is 9.94 Å². The Kier molecular flexibility index (Phi) is 0.997. The molecule has 0 unspecified atom stereocenters. The van der Waals surface area contributed by atoms with Crippen molar-refractivity contribution in [2.24, 2.45) is 3.86 Å². The van der Waals surface area contributed by atoms with E-state index in [4.69, 9.17) is 0 Å². The molecule has 5 heavy (non-hydrogen) atoms. The van der Waals surface area contributed by atoms with Crippen molar-refractivity contribution in [2.45, 2.75) is 0 Å². The third-order valence-electron chi connectivity index (χ3n) is 0.393. The van der Waals surface area contributed by atoms with E-state index in [0.717, 1.165) is 6.54 Å². The van der Waals surface area contributed by atoms with Crippen LogP contribution in [0.1, 0.15) is 0 Å². The first-order valence-electron chi connectivity index (χ1n) is 1.44. The number of nitrogens with zero attached hydrogens (tertiary/aromatic N) is 1.